The molecule has 2 N–H and O–H groups in total. The summed E-state index contributed by atoms with van der Waals surface area (Å²) in [5.74, 6) is -0.547. The lowest BCUT2D eigenvalue weighted by Crippen LogP contribution is -2.47. The molecule has 9 nitrogen and oxygen atoms in total. The van der Waals surface area contributed by atoms with Crippen LogP contribution in [-0.2, 0) is 29.2 Å². The van der Waals surface area contributed by atoms with Gasteiger partial charge in [0.2, 0.25) is 5.91 Å². The molecule has 37 heavy (non-hydrogen) atoms. The molecule has 2 heterocycles. The van der Waals surface area contributed by atoms with E-state index in [1.54, 1.807) is 23.0 Å². The Labute approximate surface area is 217 Å². The molecule has 1 aliphatic rings. The van der Waals surface area contributed by atoms with Gasteiger partial charge in [0.05, 0.1) is 18.6 Å². The van der Waals surface area contributed by atoms with E-state index in [0.717, 1.165) is 46.4 Å². The number of fused-ring (bicyclic) bond motifs is 2. The first kappa shape index (κ1) is 26.7. The maximum Gasteiger partial charge on any atom is 0.250 e. The molecule has 0 fully saturated rings. The number of aromatic nitrogens is 2. The minimum atomic E-state index is -0.276. The van der Waals surface area contributed by atoms with Crippen molar-refractivity contribution in [1.29, 1.82) is 0 Å². The van der Waals surface area contributed by atoms with Crippen LogP contribution in [-0.4, -0.2) is 71.4 Å². The van der Waals surface area contributed by atoms with Crippen molar-refractivity contribution in [3.8, 4) is 0 Å². The van der Waals surface area contributed by atoms with Crippen LogP contribution in [0.1, 0.15) is 30.5 Å². The van der Waals surface area contributed by atoms with Gasteiger partial charge in [0.15, 0.2) is 0 Å². The molecule has 0 bridgehead atoms. The zero-order valence-electron chi connectivity index (χ0n) is 22.1. The van der Waals surface area contributed by atoms with Gasteiger partial charge >= 0.3 is 0 Å². The molecule has 1 aliphatic heterocycles. The highest BCUT2D eigenvalue weighted by Crippen LogP contribution is 2.27. The van der Waals surface area contributed by atoms with Crippen molar-refractivity contribution in [1.82, 2.24) is 30.4 Å². The summed E-state index contributed by atoms with van der Waals surface area (Å²) in [6.45, 7) is 9.89. The SMILES string of the molecule is CCNCCN(C(=O)CNCC(=O)N(C)N1Cc2ccc(F)cc2C1)c1cc2cn(CC)nc2cc1C. The Balaban J connectivity index is 1.38. The number of rotatable bonds is 11. The number of carbonyl (C=O) groups is 2. The Morgan fingerprint density at radius 2 is 1.81 bits per heavy atom. The highest BCUT2D eigenvalue weighted by Gasteiger charge is 2.26. The second-order valence-electron chi connectivity index (χ2n) is 9.34. The van der Waals surface area contributed by atoms with Gasteiger partial charge in [-0.2, -0.15) is 5.10 Å². The number of halogens is 1. The predicted octanol–water partition coefficient (Wildman–Crippen LogP) is 2.43. The zero-order chi connectivity index (χ0) is 26.5. The van der Waals surface area contributed by atoms with Crippen LogP contribution in [0.2, 0.25) is 0 Å². The van der Waals surface area contributed by atoms with Crippen molar-refractivity contribution in [2.24, 2.45) is 0 Å². The van der Waals surface area contributed by atoms with E-state index in [1.165, 1.54) is 12.1 Å². The van der Waals surface area contributed by atoms with E-state index in [1.807, 2.05) is 48.8 Å². The zero-order valence-corrected chi connectivity index (χ0v) is 22.1. The third kappa shape index (κ3) is 6.15. The second-order valence-corrected chi connectivity index (χ2v) is 9.34. The molecule has 4 rings (SSSR count). The molecule has 0 unspecified atom stereocenters. The van der Waals surface area contributed by atoms with Crippen molar-refractivity contribution in [3.05, 3.63) is 59.0 Å². The fourth-order valence-electron chi connectivity index (χ4n) is 4.62. The van der Waals surface area contributed by atoms with Crippen LogP contribution < -0.4 is 15.5 Å². The molecular weight excluding hydrogens is 473 g/mol. The lowest BCUT2D eigenvalue weighted by atomic mass is 10.1. The largest absolute Gasteiger partial charge is 0.315 e. The quantitative estimate of drug-likeness (QED) is 0.386. The molecule has 0 saturated heterocycles. The van der Waals surface area contributed by atoms with Crippen LogP contribution in [0.3, 0.4) is 0 Å². The topological polar surface area (TPSA) is 85.7 Å². The minimum absolute atomic E-state index is 0.0196. The lowest BCUT2D eigenvalue weighted by Gasteiger charge is -2.28. The number of likely N-dealkylation sites (N-methyl/N-ethyl adjacent to an activating group) is 2. The summed E-state index contributed by atoms with van der Waals surface area (Å²) in [5.41, 5.74) is 4.62. The molecule has 0 atom stereocenters. The van der Waals surface area contributed by atoms with Gasteiger partial charge in [-0.15, -0.1) is 0 Å². The predicted molar refractivity (Wildman–Crippen MR) is 142 cm³/mol. The summed E-state index contributed by atoms with van der Waals surface area (Å²) in [7, 11) is 1.70. The van der Waals surface area contributed by atoms with E-state index in [0.29, 0.717) is 26.2 Å². The molecule has 0 saturated carbocycles. The molecule has 3 aromatic rings. The van der Waals surface area contributed by atoms with Crippen molar-refractivity contribution in [2.45, 2.75) is 40.4 Å². The van der Waals surface area contributed by atoms with Crippen LogP contribution in [0.5, 0.6) is 0 Å². The number of hydrogen-bond acceptors (Lipinski definition) is 6. The van der Waals surface area contributed by atoms with Gasteiger partial charge in [-0.3, -0.25) is 24.6 Å². The summed E-state index contributed by atoms with van der Waals surface area (Å²) >= 11 is 0. The summed E-state index contributed by atoms with van der Waals surface area (Å²) < 4.78 is 15.4. The number of benzene rings is 2. The lowest BCUT2D eigenvalue weighted by molar-refractivity contribution is -0.145. The Bertz CT molecular complexity index is 1280. The van der Waals surface area contributed by atoms with Crippen LogP contribution in [0.4, 0.5) is 10.1 Å². The molecule has 0 spiro atoms. The van der Waals surface area contributed by atoms with Gasteiger partial charge in [-0.1, -0.05) is 13.0 Å². The third-order valence-electron chi connectivity index (χ3n) is 6.76. The van der Waals surface area contributed by atoms with Gasteiger partial charge < -0.3 is 10.2 Å². The number of carbonyl (C=O) groups excluding carboxylic acids is 2. The highest BCUT2D eigenvalue weighted by atomic mass is 19.1. The number of nitrogens with one attached hydrogen (secondary N) is 2. The van der Waals surface area contributed by atoms with Crippen LogP contribution in [0, 0.1) is 12.7 Å². The molecule has 0 radical (unpaired) electrons. The Hall–Kier alpha value is -3.34. The van der Waals surface area contributed by atoms with Crippen molar-refractivity contribution in [3.63, 3.8) is 0 Å². The first-order valence-corrected chi connectivity index (χ1v) is 12.8. The number of amides is 2. The fraction of sp³-hybridized carbons (Fsp3) is 0.444. The van der Waals surface area contributed by atoms with E-state index < -0.39 is 0 Å². The fourth-order valence-corrected chi connectivity index (χ4v) is 4.62. The third-order valence-corrected chi connectivity index (χ3v) is 6.76. The average molecular weight is 510 g/mol. The summed E-state index contributed by atoms with van der Waals surface area (Å²) in [6.07, 6.45) is 1.99. The standard InChI is InChI=1S/C27H36FN7O2/c1-5-29-9-10-35(25-13-22-16-33(6-2)31-24(22)11-19(25)3)27(37)15-30-14-26(36)32(4)34-17-20-7-8-23(28)12-21(20)18-34/h7-8,11-13,16,29-30H,5-6,9-10,14-15,17-18H2,1-4H3. The summed E-state index contributed by atoms with van der Waals surface area (Å²) in [6, 6.07) is 8.73. The van der Waals surface area contributed by atoms with Crippen LogP contribution in [0.25, 0.3) is 10.9 Å². The number of nitrogens with zero attached hydrogens (tertiary/aromatic N) is 5. The number of anilines is 1. The Morgan fingerprint density at radius 3 is 2.57 bits per heavy atom. The Kier molecular flexibility index (Phi) is 8.52. The average Bonchev–Trinajstić information content (AvgIpc) is 3.48. The molecule has 2 aromatic carbocycles. The van der Waals surface area contributed by atoms with Gasteiger partial charge in [0.25, 0.3) is 5.91 Å². The molecule has 198 valence electrons. The first-order chi connectivity index (χ1) is 17.8. The van der Waals surface area contributed by atoms with E-state index in [4.69, 9.17) is 0 Å². The van der Waals surface area contributed by atoms with Crippen molar-refractivity contribution in [2.75, 3.05) is 44.7 Å². The van der Waals surface area contributed by atoms with E-state index in [2.05, 4.69) is 15.7 Å². The van der Waals surface area contributed by atoms with E-state index >= 15 is 0 Å². The highest BCUT2D eigenvalue weighted by molar-refractivity contribution is 5.98. The number of hydrogen-bond donors (Lipinski definition) is 2. The van der Waals surface area contributed by atoms with Crippen molar-refractivity contribution < 1.29 is 14.0 Å². The second kappa shape index (κ2) is 11.8. The maximum absolute atomic E-state index is 13.5. The van der Waals surface area contributed by atoms with Gasteiger partial charge in [0.1, 0.15) is 5.82 Å². The monoisotopic (exact) mass is 509 g/mol. The van der Waals surface area contributed by atoms with Gasteiger partial charge in [0, 0.05) is 57.0 Å². The summed E-state index contributed by atoms with van der Waals surface area (Å²) in [4.78, 5) is 27.9. The van der Waals surface area contributed by atoms with E-state index in [-0.39, 0.29) is 30.7 Å². The number of aryl methyl sites for hydroxylation is 2. The molecule has 0 aliphatic carbocycles. The maximum atomic E-state index is 13.5. The smallest absolute Gasteiger partial charge is 0.250 e. The summed E-state index contributed by atoms with van der Waals surface area (Å²) in [5, 5.41) is 15.3. The first-order valence-electron chi connectivity index (χ1n) is 12.8. The number of hydrazine groups is 1. The van der Waals surface area contributed by atoms with Gasteiger partial charge in [-0.25, -0.2) is 9.40 Å². The normalized spacial score (nSPS) is 13.2. The molecule has 10 heteroatoms. The van der Waals surface area contributed by atoms with E-state index in [9.17, 15) is 14.0 Å². The minimum Gasteiger partial charge on any atom is -0.315 e. The van der Waals surface area contributed by atoms with Crippen LogP contribution in [0.15, 0.2) is 36.5 Å². The molecular formula is C27H36FN7O2. The molecule has 1 aromatic heterocycles. The molecule has 2 amide bonds. The van der Waals surface area contributed by atoms with Crippen LogP contribution >= 0.6 is 0 Å². The van der Waals surface area contributed by atoms with Crippen molar-refractivity contribution >= 4 is 28.4 Å². The Morgan fingerprint density at radius 1 is 1.05 bits per heavy atom. The van der Waals surface area contributed by atoms with Gasteiger partial charge in [-0.05, 0) is 61.3 Å².